The summed E-state index contributed by atoms with van der Waals surface area (Å²) in [6, 6.07) is 11.7. The highest BCUT2D eigenvalue weighted by Crippen LogP contribution is 2.28. The number of ether oxygens (including phenoxy) is 1. The highest BCUT2D eigenvalue weighted by Gasteiger charge is 2.10. The molecule has 122 valence electrons. The predicted octanol–water partition coefficient (Wildman–Crippen LogP) is 5.19. The minimum absolute atomic E-state index is 0.364. The van der Waals surface area contributed by atoms with Gasteiger partial charge in [0.1, 0.15) is 5.75 Å². The summed E-state index contributed by atoms with van der Waals surface area (Å²) in [6.45, 7) is 0. The molecule has 0 saturated carbocycles. The Hall–Kier alpha value is -2.50. The van der Waals surface area contributed by atoms with Crippen LogP contribution in [0.3, 0.4) is 0 Å². The SMILES string of the molecule is COc1cc(NC(=O)Nc2ccc(Cl)c(Cl)c2)c2ncccc2c1. The van der Waals surface area contributed by atoms with Gasteiger partial charge in [0.05, 0.1) is 28.4 Å². The van der Waals surface area contributed by atoms with Crippen LogP contribution in [0.5, 0.6) is 5.75 Å². The Morgan fingerprint density at radius 1 is 1.08 bits per heavy atom. The second-order valence-corrected chi connectivity index (χ2v) is 5.77. The number of benzene rings is 2. The third kappa shape index (κ3) is 3.53. The van der Waals surface area contributed by atoms with Gasteiger partial charge in [-0.25, -0.2) is 4.79 Å². The minimum Gasteiger partial charge on any atom is -0.497 e. The van der Waals surface area contributed by atoms with E-state index in [1.54, 1.807) is 37.6 Å². The van der Waals surface area contributed by atoms with Gasteiger partial charge >= 0.3 is 6.03 Å². The highest BCUT2D eigenvalue weighted by atomic mass is 35.5. The lowest BCUT2D eigenvalue weighted by Gasteiger charge is -2.11. The molecular formula is C17H13Cl2N3O2. The molecule has 2 aromatic carbocycles. The average Bonchev–Trinajstić information content (AvgIpc) is 2.58. The van der Waals surface area contributed by atoms with Crippen LogP contribution in [-0.4, -0.2) is 18.1 Å². The Morgan fingerprint density at radius 3 is 2.67 bits per heavy atom. The van der Waals surface area contributed by atoms with E-state index in [1.807, 2.05) is 18.2 Å². The molecule has 0 fully saturated rings. The molecule has 3 aromatic rings. The standard InChI is InChI=1S/C17H13Cl2N3O2/c1-24-12-7-10-3-2-6-20-16(10)15(9-12)22-17(23)21-11-4-5-13(18)14(19)8-11/h2-9H,1H3,(H2,21,22,23). The molecule has 7 heteroatoms. The molecule has 0 aliphatic rings. The van der Waals surface area contributed by atoms with Gasteiger partial charge in [0.15, 0.2) is 0 Å². The van der Waals surface area contributed by atoms with E-state index in [2.05, 4.69) is 15.6 Å². The van der Waals surface area contributed by atoms with Gasteiger partial charge in [-0.05, 0) is 30.3 Å². The van der Waals surface area contributed by atoms with Crippen molar-refractivity contribution < 1.29 is 9.53 Å². The smallest absolute Gasteiger partial charge is 0.323 e. The van der Waals surface area contributed by atoms with Gasteiger partial charge in [-0.3, -0.25) is 4.98 Å². The lowest BCUT2D eigenvalue weighted by Crippen LogP contribution is -2.19. The van der Waals surface area contributed by atoms with Crippen LogP contribution >= 0.6 is 23.2 Å². The van der Waals surface area contributed by atoms with Crippen molar-refractivity contribution in [3.05, 3.63) is 58.7 Å². The van der Waals surface area contributed by atoms with Crippen LogP contribution in [0, 0.1) is 0 Å². The van der Waals surface area contributed by atoms with Crippen LogP contribution in [0.2, 0.25) is 10.0 Å². The largest absolute Gasteiger partial charge is 0.497 e. The number of hydrogen-bond donors (Lipinski definition) is 2. The van der Waals surface area contributed by atoms with Crippen LogP contribution in [-0.2, 0) is 0 Å². The molecule has 0 unspecified atom stereocenters. The second-order valence-electron chi connectivity index (χ2n) is 4.96. The lowest BCUT2D eigenvalue weighted by atomic mass is 10.2. The van der Waals surface area contributed by atoms with Gasteiger partial charge in [0, 0.05) is 23.3 Å². The molecule has 0 aliphatic heterocycles. The van der Waals surface area contributed by atoms with E-state index >= 15 is 0 Å². The van der Waals surface area contributed by atoms with Crippen molar-refractivity contribution in [2.45, 2.75) is 0 Å². The van der Waals surface area contributed by atoms with Crippen molar-refractivity contribution >= 4 is 51.5 Å². The second kappa shape index (κ2) is 6.95. The molecule has 2 amide bonds. The fraction of sp³-hybridized carbons (Fsp3) is 0.0588. The van der Waals surface area contributed by atoms with E-state index in [-0.39, 0.29) is 0 Å². The molecule has 5 nitrogen and oxygen atoms in total. The summed E-state index contributed by atoms with van der Waals surface area (Å²) in [4.78, 5) is 16.6. The number of fused-ring (bicyclic) bond motifs is 1. The zero-order valence-corrected chi connectivity index (χ0v) is 14.2. The number of rotatable bonds is 3. The van der Waals surface area contributed by atoms with E-state index in [4.69, 9.17) is 27.9 Å². The van der Waals surface area contributed by atoms with E-state index < -0.39 is 6.03 Å². The average molecular weight is 362 g/mol. The lowest BCUT2D eigenvalue weighted by molar-refractivity contribution is 0.262. The number of hydrogen-bond acceptors (Lipinski definition) is 3. The number of methoxy groups -OCH3 is 1. The number of nitrogens with one attached hydrogen (secondary N) is 2. The Labute approximate surface area is 148 Å². The summed E-state index contributed by atoms with van der Waals surface area (Å²) >= 11 is 11.8. The number of carbonyl (C=O) groups excluding carboxylic acids is 1. The molecule has 0 spiro atoms. The molecular weight excluding hydrogens is 349 g/mol. The van der Waals surface area contributed by atoms with Crippen molar-refractivity contribution in [2.75, 3.05) is 17.7 Å². The van der Waals surface area contributed by atoms with Crippen LogP contribution in [0.1, 0.15) is 0 Å². The first-order valence-corrected chi connectivity index (χ1v) is 7.78. The van der Waals surface area contributed by atoms with Crippen molar-refractivity contribution in [1.29, 1.82) is 0 Å². The zero-order valence-electron chi connectivity index (χ0n) is 12.6. The van der Waals surface area contributed by atoms with Crippen LogP contribution in [0.15, 0.2) is 48.7 Å². The molecule has 0 radical (unpaired) electrons. The predicted molar refractivity (Wildman–Crippen MR) is 97.4 cm³/mol. The number of nitrogens with zero attached hydrogens (tertiary/aromatic N) is 1. The Balaban J connectivity index is 1.86. The molecule has 0 bridgehead atoms. The molecule has 1 heterocycles. The van der Waals surface area contributed by atoms with E-state index in [0.717, 1.165) is 5.39 Å². The van der Waals surface area contributed by atoms with Gasteiger partial charge in [0.2, 0.25) is 0 Å². The zero-order chi connectivity index (χ0) is 17.1. The summed E-state index contributed by atoms with van der Waals surface area (Å²) in [6.07, 6.45) is 1.66. The topological polar surface area (TPSA) is 63.2 Å². The highest BCUT2D eigenvalue weighted by molar-refractivity contribution is 6.42. The van der Waals surface area contributed by atoms with Crippen LogP contribution < -0.4 is 15.4 Å². The third-order valence-electron chi connectivity index (χ3n) is 3.34. The number of anilines is 2. The number of amides is 2. The quantitative estimate of drug-likeness (QED) is 0.674. The number of halogens is 2. The first-order valence-electron chi connectivity index (χ1n) is 7.02. The fourth-order valence-electron chi connectivity index (χ4n) is 2.24. The minimum atomic E-state index is -0.423. The summed E-state index contributed by atoms with van der Waals surface area (Å²) < 4.78 is 5.26. The Morgan fingerprint density at radius 2 is 1.92 bits per heavy atom. The van der Waals surface area contributed by atoms with E-state index in [1.165, 1.54) is 0 Å². The van der Waals surface area contributed by atoms with Crippen molar-refractivity contribution in [3.8, 4) is 5.75 Å². The van der Waals surface area contributed by atoms with Crippen molar-refractivity contribution in [1.82, 2.24) is 4.98 Å². The summed E-state index contributed by atoms with van der Waals surface area (Å²) in [5.41, 5.74) is 1.74. The van der Waals surface area contributed by atoms with Gasteiger partial charge in [0.25, 0.3) is 0 Å². The molecule has 1 aromatic heterocycles. The van der Waals surface area contributed by atoms with E-state index in [0.29, 0.717) is 32.7 Å². The Bertz CT molecular complexity index is 915. The number of aromatic nitrogens is 1. The number of urea groups is 1. The van der Waals surface area contributed by atoms with Crippen molar-refractivity contribution in [2.24, 2.45) is 0 Å². The normalized spacial score (nSPS) is 10.5. The number of pyridine rings is 1. The van der Waals surface area contributed by atoms with Gasteiger partial charge in [-0.1, -0.05) is 29.3 Å². The molecule has 0 saturated heterocycles. The van der Waals surface area contributed by atoms with Crippen molar-refractivity contribution in [3.63, 3.8) is 0 Å². The monoisotopic (exact) mass is 361 g/mol. The molecule has 2 N–H and O–H groups in total. The Kier molecular flexibility index (Phi) is 4.74. The molecule has 3 rings (SSSR count). The molecule has 24 heavy (non-hydrogen) atoms. The maximum Gasteiger partial charge on any atom is 0.323 e. The van der Waals surface area contributed by atoms with Gasteiger partial charge in [-0.2, -0.15) is 0 Å². The summed E-state index contributed by atoms with van der Waals surface area (Å²) in [5, 5.41) is 7.12. The van der Waals surface area contributed by atoms with Crippen LogP contribution in [0.4, 0.5) is 16.2 Å². The summed E-state index contributed by atoms with van der Waals surface area (Å²) in [7, 11) is 1.57. The molecule has 0 atom stereocenters. The first-order chi connectivity index (χ1) is 11.6. The number of carbonyl (C=O) groups is 1. The third-order valence-corrected chi connectivity index (χ3v) is 4.08. The van der Waals surface area contributed by atoms with Gasteiger partial charge < -0.3 is 15.4 Å². The summed E-state index contributed by atoms with van der Waals surface area (Å²) in [5.74, 6) is 0.625. The first kappa shape index (κ1) is 16.4. The van der Waals surface area contributed by atoms with Crippen LogP contribution in [0.25, 0.3) is 10.9 Å². The maximum atomic E-state index is 12.3. The van der Waals surface area contributed by atoms with Gasteiger partial charge in [-0.15, -0.1) is 0 Å². The fourth-order valence-corrected chi connectivity index (χ4v) is 2.53. The van der Waals surface area contributed by atoms with E-state index in [9.17, 15) is 4.79 Å². The maximum absolute atomic E-state index is 12.3. The molecule has 0 aliphatic carbocycles.